The Balaban J connectivity index is 1.51. The monoisotopic (exact) mass is 382 g/mol. The van der Waals surface area contributed by atoms with E-state index in [9.17, 15) is 14.0 Å². The van der Waals surface area contributed by atoms with Gasteiger partial charge in [-0.25, -0.2) is 4.39 Å². The van der Waals surface area contributed by atoms with Gasteiger partial charge in [-0.3, -0.25) is 9.59 Å². The third kappa shape index (κ3) is 4.97. The van der Waals surface area contributed by atoms with E-state index in [2.05, 4.69) is 26.0 Å². The molecule has 3 rings (SSSR count). The summed E-state index contributed by atoms with van der Waals surface area (Å²) in [6.07, 6.45) is 0.704. The molecule has 2 aromatic carbocycles. The van der Waals surface area contributed by atoms with E-state index < -0.39 is 0 Å². The number of rotatable bonds is 5. The van der Waals surface area contributed by atoms with E-state index in [0.29, 0.717) is 32.6 Å². The van der Waals surface area contributed by atoms with Crippen LogP contribution in [0.15, 0.2) is 54.6 Å². The second kappa shape index (κ2) is 8.55. The number of carbonyl (C=O) groups excluding carboxylic acids is 2. The molecule has 0 bridgehead atoms. The van der Waals surface area contributed by atoms with Crippen molar-refractivity contribution in [2.45, 2.75) is 32.1 Å². The Hall–Kier alpha value is -2.69. The lowest BCUT2D eigenvalue weighted by Crippen LogP contribution is -2.51. The molecule has 0 N–H and O–H groups in total. The predicted octanol–water partition coefficient (Wildman–Crippen LogP) is 3.41. The van der Waals surface area contributed by atoms with Gasteiger partial charge in [0.2, 0.25) is 11.8 Å². The third-order valence-corrected chi connectivity index (χ3v) is 5.40. The number of halogens is 1. The van der Waals surface area contributed by atoms with Gasteiger partial charge in [-0.05, 0) is 28.7 Å². The van der Waals surface area contributed by atoms with Gasteiger partial charge in [-0.15, -0.1) is 0 Å². The quantitative estimate of drug-likeness (QED) is 0.795. The number of carbonyl (C=O) groups is 2. The van der Waals surface area contributed by atoms with Gasteiger partial charge in [0.15, 0.2) is 0 Å². The Labute approximate surface area is 166 Å². The summed E-state index contributed by atoms with van der Waals surface area (Å²) in [5, 5.41) is 0. The molecule has 4 nitrogen and oxygen atoms in total. The minimum absolute atomic E-state index is 0.0170. The van der Waals surface area contributed by atoms with Crippen LogP contribution in [0.2, 0.25) is 0 Å². The molecular formula is C23H27FN2O2. The maximum atomic E-state index is 13.0. The Morgan fingerprint density at radius 3 is 1.96 bits per heavy atom. The molecule has 0 saturated carbocycles. The topological polar surface area (TPSA) is 40.6 Å². The lowest BCUT2D eigenvalue weighted by atomic mass is 9.81. The minimum atomic E-state index is -0.304. The van der Waals surface area contributed by atoms with Crippen molar-refractivity contribution in [2.75, 3.05) is 26.2 Å². The molecule has 1 saturated heterocycles. The van der Waals surface area contributed by atoms with Crippen LogP contribution in [0.4, 0.5) is 4.39 Å². The summed E-state index contributed by atoms with van der Waals surface area (Å²) in [4.78, 5) is 28.9. The van der Waals surface area contributed by atoms with Crippen LogP contribution in [0.5, 0.6) is 0 Å². The molecule has 0 unspecified atom stereocenters. The third-order valence-electron chi connectivity index (χ3n) is 5.40. The molecule has 0 spiro atoms. The molecule has 1 fully saturated rings. The zero-order chi connectivity index (χ0) is 20.1. The van der Waals surface area contributed by atoms with E-state index in [1.54, 1.807) is 17.0 Å². The van der Waals surface area contributed by atoms with E-state index in [4.69, 9.17) is 0 Å². The van der Waals surface area contributed by atoms with Gasteiger partial charge in [0.25, 0.3) is 0 Å². The van der Waals surface area contributed by atoms with Crippen LogP contribution in [0.25, 0.3) is 0 Å². The Morgan fingerprint density at radius 1 is 0.857 bits per heavy atom. The van der Waals surface area contributed by atoms with E-state index in [1.165, 1.54) is 12.1 Å². The highest BCUT2D eigenvalue weighted by Gasteiger charge is 2.29. The van der Waals surface area contributed by atoms with Crippen molar-refractivity contribution in [3.05, 3.63) is 71.5 Å². The second-order valence-corrected chi connectivity index (χ2v) is 7.99. The molecular weight excluding hydrogens is 355 g/mol. The summed E-state index contributed by atoms with van der Waals surface area (Å²) >= 11 is 0. The van der Waals surface area contributed by atoms with Gasteiger partial charge < -0.3 is 9.80 Å². The molecule has 5 heteroatoms. The van der Waals surface area contributed by atoms with Crippen LogP contribution >= 0.6 is 0 Å². The van der Waals surface area contributed by atoms with Crippen molar-refractivity contribution in [2.24, 2.45) is 0 Å². The fourth-order valence-electron chi connectivity index (χ4n) is 3.58. The first-order valence-corrected chi connectivity index (χ1v) is 9.71. The molecule has 148 valence electrons. The van der Waals surface area contributed by atoms with Gasteiger partial charge in [0, 0.05) is 32.6 Å². The summed E-state index contributed by atoms with van der Waals surface area (Å²) in [5.41, 5.74) is 1.72. The first-order chi connectivity index (χ1) is 13.3. The smallest absolute Gasteiger partial charge is 0.227 e. The molecule has 1 aliphatic rings. The lowest BCUT2D eigenvalue weighted by Gasteiger charge is -2.36. The summed E-state index contributed by atoms with van der Waals surface area (Å²) in [6, 6.07) is 16.1. The van der Waals surface area contributed by atoms with Crippen LogP contribution in [-0.2, 0) is 21.4 Å². The second-order valence-electron chi connectivity index (χ2n) is 7.99. The number of amides is 2. The normalized spacial score (nSPS) is 14.8. The maximum Gasteiger partial charge on any atom is 0.227 e. The van der Waals surface area contributed by atoms with Gasteiger partial charge in [0.05, 0.1) is 6.42 Å². The molecule has 2 aromatic rings. The summed E-state index contributed by atoms with van der Waals surface area (Å²) in [7, 11) is 0. The largest absolute Gasteiger partial charge is 0.339 e. The van der Waals surface area contributed by atoms with Crippen molar-refractivity contribution >= 4 is 11.8 Å². The SMILES string of the molecule is CC(C)(CC(=O)N1CCN(C(=O)Cc2ccc(F)cc2)CC1)c1ccccc1. The first-order valence-electron chi connectivity index (χ1n) is 9.71. The van der Waals surface area contributed by atoms with E-state index >= 15 is 0 Å². The van der Waals surface area contributed by atoms with Crippen LogP contribution in [0.1, 0.15) is 31.4 Å². The van der Waals surface area contributed by atoms with Gasteiger partial charge in [-0.1, -0.05) is 56.3 Å². The molecule has 1 aliphatic heterocycles. The molecule has 0 atom stereocenters. The lowest BCUT2D eigenvalue weighted by molar-refractivity contribution is -0.139. The van der Waals surface area contributed by atoms with Gasteiger partial charge in [0.1, 0.15) is 5.82 Å². The summed E-state index contributed by atoms with van der Waals surface area (Å²) in [5.74, 6) is -0.162. The Kier molecular flexibility index (Phi) is 6.12. The zero-order valence-electron chi connectivity index (χ0n) is 16.5. The van der Waals surface area contributed by atoms with Crippen molar-refractivity contribution < 1.29 is 14.0 Å². The van der Waals surface area contributed by atoms with Crippen LogP contribution < -0.4 is 0 Å². The van der Waals surface area contributed by atoms with Crippen molar-refractivity contribution in [1.29, 1.82) is 0 Å². The molecule has 28 heavy (non-hydrogen) atoms. The fraction of sp³-hybridized carbons (Fsp3) is 0.391. The minimum Gasteiger partial charge on any atom is -0.339 e. The summed E-state index contributed by atoms with van der Waals surface area (Å²) < 4.78 is 13.0. The standard InChI is InChI=1S/C23H27FN2O2/c1-23(2,19-6-4-3-5-7-19)17-22(28)26-14-12-25(13-15-26)21(27)16-18-8-10-20(24)11-9-18/h3-11H,12-17H2,1-2H3. The van der Waals surface area contributed by atoms with Gasteiger partial charge in [-0.2, -0.15) is 0 Å². The Morgan fingerprint density at radius 2 is 1.39 bits per heavy atom. The molecule has 2 amide bonds. The highest BCUT2D eigenvalue weighted by atomic mass is 19.1. The molecule has 0 radical (unpaired) electrons. The number of hydrogen-bond acceptors (Lipinski definition) is 2. The number of benzene rings is 2. The number of nitrogens with zero attached hydrogens (tertiary/aromatic N) is 2. The van der Waals surface area contributed by atoms with Crippen molar-refractivity contribution in [3.8, 4) is 0 Å². The average molecular weight is 382 g/mol. The van der Waals surface area contributed by atoms with E-state index in [0.717, 1.165) is 11.1 Å². The number of piperazine rings is 1. The van der Waals surface area contributed by atoms with E-state index in [-0.39, 0.29) is 29.5 Å². The number of hydrogen-bond donors (Lipinski definition) is 0. The van der Waals surface area contributed by atoms with Gasteiger partial charge >= 0.3 is 0 Å². The molecule has 1 heterocycles. The fourth-order valence-corrected chi connectivity index (χ4v) is 3.58. The van der Waals surface area contributed by atoms with Crippen molar-refractivity contribution in [3.63, 3.8) is 0 Å². The predicted molar refractivity (Wildman–Crippen MR) is 107 cm³/mol. The summed E-state index contributed by atoms with van der Waals surface area (Å²) in [6.45, 7) is 6.36. The highest BCUT2D eigenvalue weighted by molar-refractivity contribution is 5.80. The van der Waals surface area contributed by atoms with E-state index in [1.807, 2.05) is 23.1 Å². The average Bonchev–Trinajstić information content (AvgIpc) is 2.70. The first kappa shape index (κ1) is 20.1. The zero-order valence-corrected chi connectivity index (χ0v) is 16.5. The molecule has 0 aliphatic carbocycles. The van der Waals surface area contributed by atoms with Crippen molar-refractivity contribution in [1.82, 2.24) is 9.80 Å². The Bertz CT molecular complexity index is 810. The molecule has 0 aromatic heterocycles. The van der Waals surface area contributed by atoms with Crippen LogP contribution in [0, 0.1) is 5.82 Å². The van der Waals surface area contributed by atoms with Crippen LogP contribution in [0.3, 0.4) is 0 Å². The van der Waals surface area contributed by atoms with Crippen LogP contribution in [-0.4, -0.2) is 47.8 Å². The maximum absolute atomic E-state index is 13.0. The highest BCUT2D eigenvalue weighted by Crippen LogP contribution is 2.27.